The van der Waals surface area contributed by atoms with Gasteiger partial charge in [0.25, 0.3) is 0 Å². The van der Waals surface area contributed by atoms with Crippen LogP contribution in [0, 0.1) is 0 Å². The normalized spacial score (nSPS) is 12.6. The molecule has 1 nitrogen and oxygen atoms in total. The van der Waals surface area contributed by atoms with Gasteiger partial charge in [0.1, 0.15) is 0 Å². The van der Waals surface area contributed by atoms with Gasteiger partial charge in [0, 0.05) is 17.6 Å². The van der Waals surface area contributed by atoms with E-state index >= 15 is 0 Å². The molecule has 0 amide bonds. The smallest absolute Gasteiger partial charge is 0.0450 e. The lowest BCUT2D eigenvalue weighted by molar-refractivity contribution is 0.480. The Morgan fingerprint density at radius 3 is 2.56 bits per heavy atom. The summed E-state index contributed by atoms with van der Waals surface area (Å²) >= 11 is 6.13. The molecule has 0 heterocycles. The Hall–Kier alpha value is -0.530. The number of hydrogen-bond donors (Lipinski definition) is 1. The number of unbranched alkanes of at least 4 members (excludes halogenated alkanes) is 4. The third-order valence-electron chi connectivity index (χ3n) is 3.34. The van der Waals surface area contributed by atoms with Crippen LogP contribution in [0.15, 0.2) is 24.3 Å². The minimum absolute atomic E-state index is 0.572. The van der Waals surface area contributed by atoms with E-state index in [9.17, 15) is 0 Å². The highest BCUT2D eigenvalue weighted by Crippen LogP contribution is 2.15. The van der Waals surface area contributed by atoms with Crippen LogP contribution in [0.2, 0.25) is 5.02 Å². The first-order valence-electron chi connectivity index (χ1n) is 7.20. The zero-order valence-corrected chi connectivity index (χ0v) is 12.5. The average Bonchev–Trinajstić information content (AvgIpc) is 2.37. The largest absolute Gasteiger partial charge is 0.310 e. The summed E-state index contributed by atoms with van der Waals surface area (Å²) in [7, 11) is 0. The number of halogens is 1. The van der Waals surface area contributed by atoms with Gasteiger partial charge in [0.05, 0.1) is 0 Å². The minimum atomic E-state index is 0.572. The molecule has 1 aromatic carbocycles. The molecule has 0 bridgehead atoms. The van der Waals surface area contributed by atoms with Crippen LogP contribution in [0.1, 0.15) is 57.9 Å². The van der Waals surface area contributed by atoms with Crippen molar-refractivity contribution in [1.29, 1.82) is 0 Å². The van der Waals surface area contributed by atoms with E-state index in [4.69, 9.17) is 11.6 Å². The first-order chi connectivity index (χ1) is 8.74. The lowest BCUT2D eigenvalue weighted by atomic mass is 10.1. The summed E-state index contributed by atoms with van der Waals surface area (Å²) in [5, 5.41) is 4.41. The predicted octanol–water partition coefficient (Wildman–Crippen LogP) is 5.18. The van der Waals surface area contributed by atoms with Gasteiger partial charge in [-0.15, -0.1) is 0 Å². The van der Waals surface area contributed by atoms with E-state index in [2.05, 4.69) is 25.2 Å². The van der Waals surface area contributed by atoms with E-state index < -0.39 is 0 Å². The number of nitrogens with one attached hydrogen (secondary N) is 1. The molecule has 0 aliphatic carbocycles. The molecule has 1 N–H and O–H groups in total. The summed E-state index contributed by atoms with van der Waals surface area (Å²) in [6.07, 6.45) is 8.03. The summed E-state index contributed by atoms with van der Waals surface area (Å²) in [6, 6.07) is 8.63. The Morgan fingerprint density at radius 1 is 1.11 bits per heavy atom. The maximum Gasteiger partial charge on any atom is 0.0450 e. The molecule has 0 saturated carbocycles. The molecule has 1 unspecified atom stereocenters. The lowest BCUT2D eigenvalue weighted by Crippen LogP contribution is -2.25. The maximum atomic E-state index is 6.13. The topological polar surface area (TPSA) is 12.0 Å². The monoisotopic (exact) mass is 267 g/mol. The van der Waals surface area contributed by atoms with Crippen molar-refractivity contribution >= 4 is 11.6 Å². The van der Waals surface area contributed by atoms with Gasteiger partial charge < -0.3 is 5.32 Å². The van der Waals surface area contributed by atoms with Crippen molar-refractivity contribution in [2.24, 2.45) is 0 Å². The van der Waals surface area contributed by atoms with Gasteiger partial charge in [-0.2, -0.15) is 0 Å². The number of rotatable bonds is 9. The number of benzene rings is 1. The van der Waals surface area contributed by atoms with E-state index in [1.807, 2.05) is 18.2 Å². The Labute approximate surface area is 117 Å². The van der Waals surface area contributed by atoms with Crippen LogP contribution in [-0.4, -0.2) is 6.04 Å². The highest BCUT2D eigenvalue weighted by Gasteiger charge is 2.03. The van der Waals surface area contributed by atoms with E-state index in [-0.39, 0.29) is 0 Å². The quantitative estimate of drug-likeness (QED) is 0.608. The third kappa shape index (κ3) is 6.42. The van der Waals surface area contributed by atoms with Crippen LogP contribution in [0.5, 0.6) is 0 Å². The molecule has 0 aromatic heterocycles. The standard InChI is InChI=1S/C16H26ClN/c1-3-4-5-6-7-10-14(2)18-13-15-11-8-9-12-16(15)17/h8-9,11-12,14,18H,3-7,10,13H2,1-2H3. The molecular weight excluding hydrogens is 242 g/mol. The van der Waals surface area contributed by atoms with Crippen molar-refractivity contribution in [2.75, 3.05) is 0 Å². The second-order valence-corrected chi connectivity index (χ2v) is 5.48. The van der Waals surface area contributed by atoms with Crippen molar-refractivity contribution in [3.8, 4) is 0 Å². The van der Waals surface area contributed by atoms with Gasteiger partial charge in [-0.05, 0) is 25.0 Å². The summed E-state index contributed by atoms with van der Waals surface area (Å²) in [6.45, 7) is 5.39. The van der Waals surface area contributed by atoms with Crippen LogP contribution in [-0.2, 0) is 6.54 Å². The Morgan fingerprint density at radius 2 is 1.83 bits per heavy atom. The molecule has 1 aromatic rings. The Bertz CT molecular complexity index is 325. The van der Waals surface area contributed by atoms with Gasteiger partial charge in [0.15, 0.2) is 0 Å². The van der Waals surface area contributed by atoms with Gasteiger partial charge in [-0.3, -0.25) is 0 Å². The summed E-state index contributed by atoms with van der Waals surface area (Å²) < 4.78 is 0. The van der Waals surface area contributed by atoms with E-state index in [1.54, 1.807) is 0 Å². The molecule has 2 heteroatoms. The second-order valence-electron chi connectivity index (χ2n) is 5.08. The van der Waals surface area contributed by atoms with Gasteiger partial charge >= 0.3 is 0 Å². The molecule has 1 rings (SSSR count). The molecule has 0 radical (unpaired) electrons. The first-order valence-corrected chi connectivity index (χ1v) is 7.58. The zero-order valence-electron chi connectivity index (χ0n) is 11.7. The summed E-state index contributed by atoms with van der Waals surface area (Å²) in [4.78, 5) is 0. The van der Waals surface area contributed by atoms with Crippen molar-refractivity contribution < 1.29 is 0 Å². The third-order valence-corrected chi connectivity index (χ3v) is 3.71. The van der Waals surface area contributed by atoms with Gasteiger partial charge in [0.2, 0.25) is 0 Å². The Balaban J connectivity index is 2.13. The molecule has 0 fully saturated rings. The van der Waals surface area contributed by atoms with Crippen molar-refractivity contribution in [2.45, 2.75) is 65.0 Å². The van der Waals surface area contributed by atoms with Gasteiger partial charge in [-0.25, -0.2) is 0 Å². The van der Waals surface area contributed by atoms with Crippen LogP contribution in [0.25, 0.3) is 0 Å². The maximum absolute atomic E-state index is 6.13. The molecule has 102 valence electrons. The highest BCUT2D eigenvalue weighted by molar-refractivity contribution is 6.31. The molecule has 1 atom stereocenters. The van der Waals surface area contributed by atoms with Crippen LogP contribution in [0.4, 0.5) is 0 Å². The summed E-state index contributed by atoms with van der Waals surface area (Å²) in [5.41, 5.74) is 1.19. The van der Waals surface area contributed by atoms with Crippen molar-refractivity contribution in [3.63, 3.8) is 0 Å². The minimum Gasteiger partial charge on any atom is -0.310 e. The lowest BCUT2D eigenvalue weighted by Gasteiger charge is -2.14. The van der Waals surface area contributed by atoms with Crippen molar-refractivity contribution in [3.05, 3.63) is 34.9 Å². The van der Waals surface area contributed by atoms with E-state index in [1.165, 1.54) is 44.1 Å². The SMILES string of the molecule is CCCCCCCC(C)NCc1ccccc1Cl. The van der Waals surface area contributed by atoms with Crippen molar-refractivity contribution in [1.82, 2.24) is 5.32 Å². The highest BCUT2D eigenvalue weighted by atomic mass is 35.5. The molecule has 18 heavy (non-hydrogen) atoms. The zero-order chi connectivity index (χ0) is 13.2. The van der Waals surface area contributed by atoms with E-state index in [0.717, 1.165) is 11.6 Å². The van der Waals surface area contributed by atoms with Crippen LogP contribution < -0.4 is 5.32 Å². The molecule has 0 spiro atoms. The fraction of sp³-hybridized carbons (Fsp3) is 0.625. The predicted molar refractivity (Wildman–Crippen MR) is 81.1 cm³/mol. The van der Waals surface area contributed by atoms with Crippen LogP contribution in [0.3, 0.4) is 0 Å². The molecule has 0 saturated heterocycles. The van der Waals surface area contributed by atoms with Crippen LogP contribution >= 0.6 is 11.6 Å². The fourth-order valence-corrected chi connectivity index (χ4v) is 2.28. The summed E-state index contributed by atoms with van der Waals surface area (Å²) in [5.74, 6) is 0. The fourth-order valence-electron chi connectivity index (χ4n) is 2.08. The first kappa shape index (κ1) is 15.5. The molecular formula is C16H26ClN. The average molecular weight is 268 g/mol. The Kier molecular flexibility index (Phi) is 8.11. The molecule has 0 aliphatic rings. The van der Waals surface area contributed by atoms with E-state index in [0.29, 0.717) is 6.04 Å². The van der Waals surface area contributed by atoms with Gasteiger partial charge in [-0.1, -0.05) is 68.8 Å². The number of hydrogen-bond acceptors (Lipinski definition) is 1. The second kappa shape index (κ2) is 9.41. The molecule has 0 aliphatic heterocycles.